The summed E-state index contributed by atoms with van der Waals surface area (Å²) in [5.74, 6) is -0.300. The second-order valence-corrected chi connectivity index (χ2v) is 10.9. The minimum Gasteiger partial charge on any atom is -0.493 e. The van der Waals surface area contributed by atoms with Crippen LogP contribution in [-0.2, 0) is 10.9 Å². The molecule has 0 aliphatic carbocycles. The van der Waals surface area contributed by atoms with Crippen molar-refractivity contribution < 1.29 is 37.7 Å². The fraction of sp³-hybridized carbons (Fsp3) is 0.379. The molecule has 1 unspecified atom stereocenters. The number of nitrogen functional groups attached to an aromatic ring is 1. The number of fused-ring (bicyclic) bond motifs is 1. The lowest BCUT2D eigenvalue weighted by molar-refractivity contribution is -0.155. The molecule has 0 radical (unpaired) electrons. The van der Waals surface area contributed by atoms with Crippen LogP contribution in [-0.4, -0.2) is 78.5 Å². The zero-order valence-corrected chi connectivity index (χ0v) is 25.2. The number of aliphatic hydroxyl groups excluding tert-OH is 2. The summed E-state index contributed by atoms with van der Waals surface area (Å²) in [5, 5.41) is 23.2. The van der Waals surface area contributed by atoms with Crippen LogP contribution < -0.4 is 15.8 Å². The van der Waals surface area contributed by atoms with Crippen LogP contribution in [0.1, 0.15) is 48.6 Å². The number of aromatic nitrogens is 4. The molecule has 1 aromatic carbocycles. The molecule has 3 aromatic heterocycles. The number of nitrogens with zero attached hydrogens (tertiary/aromatic N) is 5. The quantitative estimate of drug-likeness (QED) is 0.218. The molecule has 1 saturated heterocycles. The number of halogens is 4. The average molecular weight is 650 g/mol. The van der Waals surface area contributed by atoms with Crippen molar-refractivity contribution in [1.29, 1.82) is 0 Å². The molecule has 1 amide bonds. The van der Waals surface area contributed by atoms with E-state index in [-0.39, 0.29) is 53.9 Å². The predicted molar refractivity (Wildman–Crippen MR) is 159 cm³/mol. The molecular weight excluding hydrogens is 619 g/mol. The van der Waals surface area contributed by atoms with Crippen LogP contribution in [0.5, 0.6) is 5.75 Å². The Morgan fingerprint density at radius 3 is 2.71 bits per heavy atom. The number of nitrogens with one attached hydrogen (secondary N) is 1. The van der Waals surface area contributed by atoms with Gasteiger partial charge in [0.2, 0.25) is 0 Å². The van der Waals surface area contributed by atoms with E-state index in [2.05, 4.69) is 15.3 Å². The average Bonchev–Trinajstić information content (AvgIpc) is 3.40. The van der Waals surface area contributed by atoms with E-state index in [9.17, 15) is 28.2 Å². The Morgan fingerprint density at radius 2 is 2.02 bits per heavy atom. The molecule has 5 N–H and O–H groups in total. The largest absolute Gasteiger partial charge is 0.493 e. The number of ether oxygens (including phenoxy) is 2. The number of morpholine rings is 1. The van der Waals surface area contributed by atoms with E-state index in [0.29, 0.717) is 22.6 Å². The molecule has 45 heavy (non-hydrogen) atoms. The number of rotatable bonds is 8. The molecule has 4 heterocycles. The highest BCUT2D eigenvalue weighted by Gasteiger charge is 2.36. The maximum atomic E-state index is 13.1. The van der Waals surface area contributed by atoms with E-state index in [1.807, 2.05) is 6.92 Å². The van der Waals surface area contributed by atoms with Crippen LogP contribution in [0.2, 0.25) is 5.15 Å². The Balaban J connectivity index is 1.55. The van der Waals surface area contributed by atoms with E-state index < -0.39 is 36.1 Å². The molecule has 16 heteroatoms. The molecule has 5 rings (SSSR count). The van der Waals surface area contributed by atoms with Gasteiger partial charge in [0.1, 0.15) is 51.9 Å². The molecule has 240 valence electrons. The highest BCUT2D eigenvalue weighted by Crippen LogP contribution is 2.39. The summed E-state index contributed by atoms with van der Waals surface area (Å²) in [5.41, 5.74) is 6.54. The van der Waals surface area contributed by atoms with Gasteiger partial charge in [-0.05, 0) is 51.1 Å². The van der Waals surface area contributed by atoms with Gasteiger partial charge in [-0.25, -0.2) is 15.0 Å². The number of benzene rings is 1. The number of hydrogen-bond donors (Lipinski definition) is 4. The highest BCUT2D eigenvalue weighted by atomic mass is 35.5. The molecule has 4 atom stereocenters. The fourth-order valence-corrected chi connectivity index (χ4v) is 5.33. The minimum atomic E-state index is -4.60. The summed E-state index contributed by atoms with van der Waals surface area (Å²) in [6.07, 6.45) is -5.14. The fourth-order valence-electron chi connectivity index (χ4n) is 5.11. The van der Waals surface area contributed by atoms with Crippen molar-refractivity contribution in [2.24, 2.45) is 0 Å². The first-order chi connectivity index (χ1) is 21.3. The molecule has 1 fully saturated rings. The lowest BCUT2D eigenvalue weighted by Gasteiger charge is -2.41. The van der Waals surface area contributed by atoms with Gasteiger partial charge in [-0.2, -0.15) is 13.2 Å². The summed E-state index contributed by atoms with van der Waals surface area (Å²) in [7, 11) is 0. The maximum Gasteiger partial charge on any atom is 0.416 e. The van der Waals surface area contributed by atoms with E-state index in [0.717, 1.165) is 18.3 Å². The number of imidazole rings is 1. The first-order valence-corrected chi connectivity index (χ1v) is 14.4. The Bertz CT molecular complexity index is 1720. The number of alkyl halides is 3. The summed E-state index contributed by atoms with van der Waals surface area (Å²) >= 11 is 6.60. The summed E-state index contributed by atoms with van der Waals surface area (Å²) < 4.78 is 53.0. The summed E-state index contributed by atoms with van der Waals surface area (Å²) in [6, 6.07) is 5.80. The van der Waals surface area contributed by atoms with Crippen LogP contribution in [0.25, 0.3) is 16.8 Å². The highest BCUT2D eigenvalue weighted by molar-refractivity contribution is 6.30. The Hall–Kier alpha value is -4.02. The predicted octanol–water partition coefficient (Wildman–Crippen LogP) is 4.16. The van der Waals surface area contributed by atoms with Crippen molar-refractivity contribution in [1.82, 2.24) is 24.3 Å². The second kappa shape index (κ2) is 12.8. The van der Waals surface area contributed by atoms with Crippen LogP contribution >= 0.6 is 11.6 Å². The van der Waals surface area contributed by atoms with Gasteiger partial charge in [0, 0.05) is 29.9 Å². The van der Waals surface area contributed by atoms with Crippen molar-refractivity contribution in [3.63, 3.8) is 0 Å². The third-order valence-electron chi connectivity index (χ3n) is 7.34. The number of pyridine rings is 1. The molecule has 1 aliphatic heterocycles. The van der Waals surface area contributed by atoms with Gasteiger partial charge in [0.25, 0.3) is 5.91 Å². The Morgan fingerprint density at radius 1 is 1.27 bits per heavy atom. The van der Waals surface area contributed by atoms with Crippen LogP contribution in [0, 0.1) is 0 Å². The first-order valence-electron chi connectivity index (χ1n) is 14.0. The number of anilines is 2. The standard InChI is InChI=1S/C29H31ClF3N7O5/c1-4-44-19-9-16(27(42)37-22-10-17(7-8-35-22)29(31,32)33)5-6-18(19)23-24-25(34)36-11-21(30)40(24)26(38-23)20-12-39(14(2)13-45-20)28(43)15(3)41/h5-11,14-15,20,28,41,43H,4,12-13H2,1-3H3,(H2,34,36)(H,35,37,42)/t14-,15-,20+,28?/m0/s1. The van der Waals surface area contributed by atoms with Crippen LogP contribution in [0.3, 0.4) is 0 Å². The van der Waals surface area contributed by atoms with Gasteiger partial charge in [-0.15, -0.1) is 0 Å². The van der Waals surface area contributed by atoms with Crippen molar-refractivity contribution in [3.8, 4) is 17.0 Å². The molecule has 0 bridgehead atoms. The number of aliphatic hydroxyl groups is 2. The van der Waals surface area contributed by atoms with Gasteiger partial charge in [-0.1, -0.05) is 11.6 Å². The number of carbonyl (C=O) groups is 1. The van der Waals surface area contributed by atoms with E-state index in [1.54, 1.807) is 22.3 Å². The van der Waals surface area contributed by atoms with E-state index in [4.69, 9.17) is 31.8 Å². The molecule has 0 saturated carbocycles. The molecule has 4 aromatic rings. The van der Waals surface area contributed by atoms with Gasteiger partial charge >= 0.3 is 6.18 Å². The van der Waals surface area contributed by atoms with Gasteiger partial charge < -0.3 is 30.7 Å². The summed E-state index contributed by atoms with van der Waals surface area (Å²) in [6.45, 7) is 5.70. The zero-order chi connectivity index (χ0) is 32.6. The second-order valence-electron chi connectivity index (χ2n) is 10.5. The molecular formula is C29H31ClF3N7O5. The van der Waals surface area contributed by atoms with E-state index in [1.165, 1.54) is 25.3 Å². The van der Waals surface area contributed by atoms with Gasteiger partial charge in [0.05, 0.1) is 31.1 Å². The number of carbonyl (C=O) groups excluding carboxylic acids is 1. The third-order valence-corrected chi connectivity index (χ3v) is 7.60. The Kier molecular flexibility index (Phi) is 9.19. The first kappa shape index (κ1) is 32.4. The normalized spacial score (nSPS) is 19.0. The Labute approximate surface area is 260 Å². The van der Waals surface area contributed by atoms with Crippen molar-refractivity contribution >= 4 is 34.7 Å². The molecule has 1 aliphatic rings. The molecule has 12 nitrogen and oxygen atoms in total. The number of hydrogen-bond acceptors (Lipinski definition) is 10. The topological polar surface area (TPSA) is 160 Å². The zero-order valence-electron chi connectivity index (χ0n) is 24.4. The lowest BCUT2D eigenvalue weighted by Crippen LogP contribution is -2.53. The minimum absolute atomic E-state index is 0.0848. The van der Waals surface area contributed by atoms with Crippen molar-refractivity contribution in [2.45, 2.75) is 51.4 Å². The maximum absolute atomic E-state index is 13.1. The molecule has 0 spiro atoms. The van der Waals surface area contributed by atoms with Crippen LogP contribution in [0.4, 0.5) is 24.8 Å². The van der Waals surface area contributed by atoms with E-state index >= 15 is 0 Å². The van der Waals surface area contributed by atoms with Gasteiger partial charge in [-0.3, -0.25) is 14.1 Å². The van der Waals surface area contributed by atoms with Crippen molar-refractivity contribution in [2.75, 3.05) is 30.8 Å². The van der Waals surface area contributed by atoms with Crippen molar-refractivity contribution in [3.05, 3.63) is 64.8 Å². The van der Waals surface area contributed by atoms with Gasteiger partial charge in [0.15, 0.2) is 0 Å². The van der Waals surface area contributed by atoms with Crippen LogP contribution in [0.15, 0.2) is 42.7 Å². The third kappa shape index (κ3) is 6.53. The smallest absolute Gasteiger partial charge is 0.416 e. The number of amides is 1. The summed E-state index contributed by atoms with van der Waals surface area (Å²) in [4.78, 5) is 27.6. The monoisotopic (exact) mass is 649 g/mol. The number of nitrogens with two attached hydrogens (primary N) is 1. The lowest BCUT2D eigenvalue weighted by atomic mass is 10.1. The SMILES string of the molecule is CCOc1cc(C(=O)Nc2cc(C(F)(F)F)ccn2)ccc1-c1nc([C@H]2CN(C(O)[C@H](C)O)[C@@H](C)CO2)n2c(Cl)cnc(N)c12.